The summed E-state index contributed by atoms with van der Waals surface area (Å²) >= 11 is 0. The molecule has 1 aromatic heterocycles. The maximum absolute atomic E-state index is 12.6. The fraction of sp³-hybridized carbons (Fsp3) is 0.500. The molecule has 1 saturated heterocycles. The van der Waals surface area contributed by atoms with Gasteiger partial charge in [-0.05, 0) is 18.4 Å². The molecule has 2 heterocycles. The molecule has 0 saturated carbocycles. The molecule has 2 aromatic rings. The summed E-state index contributed by atoms with van der Waals surface area (Å²) in [5.74, 6) is -0.867. The smallest absolute Gasteiger partial charge is 0.359 e. The Balaban J connectivity index is 1.67. The summed E-state index contributed by atoms with van der Waals surface area (Å²) in [4.78, 5) is 26.5. The van der Waals surface area contributed by atoms with Crippen LogP contribution >= 0.6 is 0 Å². The third-order valence-corrected chi connectivity index (χ3v) is 6.27. The molecule has 1 amide bonds. The van der Waals surface area contributed by atoms with E-state index >= 15 is 0 Å². The molecule has 1 N–H and O–H groups in total. The van der Waals surface area contributed by atoms with Crippen LogP contribution in [0.15, 0.2) is 24.3 Å². The number of H-pyrrole nitrogens is 1. The van der Waals surface area contributed by atoms with Crippen LogP contribution in [0.5, 0.6) is 0 Å². The van der Waals surface area contributed by atoms with E-state index in [2.05, 4.69) is 10.2 Å². The first-order valence-corrected chi connectivity index (χ1v) is 10.7. The highest BCUT2D eigenvalue weighted by Gasteiger charge is 2.35. The molecule has 0 radical (unpaired) electrons. The van der Waals surface area contributed by atoms with Crippen molar-refractivity contribution in [2.75, 3.05) is 24.7 Å². The van der Waals surface area contributed by atoms with Crippen LogP contribution in [0.1, 0.15) is 30.8 Å². The van der Waals surface area contributed by atoms with Gasteiger partial charge in [-0.15, -0.1) is 0 Å². The number of hydrogen-bond acceptors (Lipinski definition) is 6. The van der Waals surface area contributed by atoms with Crippen LogP contribution < -0.4 is 0 Å². The first kappa shape index (κ1) is 19.3. The molecule has 1 aromatic carbocycles. The van der Waals surface area contributed by atoms with E-state index in [0.29, 0.717) is 23.9 Å². The van der Waals surface area contributed by atoms with Gasteiger partial charge in [0.2, 0.25) is 0 Å². The number of carbonyl (C=O) groups excluding carboxylic acids is 2. The molecule has 9 heteroatoms. The summed E-state index contributed by atoms with van der Waals surface area (Å²) in [6, 6.07) is 6.76. The Hall–Kier alpha value is -2.42. The molecule has 0 aliphatic carbocycles. The van der Waals surface area contributed by atoms with Gasteiger partial charge < -0.3 is 9.64 Å². The molecule has 1 atom stereocenters. The van der Waals surface area contributed by atoms with Crippen molar-refractivity contribution in [3.8, 4) is 0 Å². The van der Waals surface area contributed by atoms with Crippen molar-refractivity contribution >= 4 is 32.6 Å². The summed E-state index contributed by atoms with van der Waals surface area (Å²) in [5, 5.41) is 7.33. The van der Waals surface area contributed by atoms with Gasteiger partial charge >= 0.3 is 5.97 Å². The van der Waals surface area contributed by atoms with Crippen molar-refractivity contribution in [3.05, 3.63) is 30.0 Å². The number of aromatic nitrogens is 2. The summed E-state index contributed by atoms with van der Waals surface area (Å²) < 4.78 is 28.7. The minimum absolute atomic E-state index is 0.0383. The molecule has 3 rings (SSSR count). The number of fused-ring (bicyclic) bond motifs is 1. The lowest BCUT2D eigenvalue weighted by atomic mass is 10.1. The Labute approximate surface area is 157 Å². The molecule has 146 valence electrons. The van der Waals surface area contributed by atoms with Gasteiger partial charge in [0, 0.05) is 18.0 Å². The van der Waals surface area contributed by atoms with Gasteiger partial charge in [-0.3, -0.25) is 9.89 Å². The lowest BCUT2D eigenvalue weighted by Crippen LogP contribution is -2.45. The number of carbonyl (C=O) groups is 2. The van der Waals surface area contributed by atoms with E-state index in [0.717, 1.165) is 0 Å². The number of nitrogens with zero attached hydrogens (tertiary/aromatic N) is 2. The number of sulfone groups is 1. The van der Waals surface area contributed by atoms with E-state index in [-0.39, 0.29) is 35.1 Å². The predicted molar refractivity (Wildman–Crippen MR) is 100.0 cm³/mol. The van der Waals surface area contributed by atoms with Crippen molar-refractivity contribution in [1.82, 2.24) is 15.1 Å². The molecule has 1 aliphatic rings. The van der Waals surface area contributed by atoms with Gasteiger partial charge in [0.25, 0.3) is 5.91 Å². The predicted octanol–water partition coefficient (Wildman–Crippen LogP) is 1.39. The second-order valence-electron chi connectivity index (χ2n) is 7.19. The second-order valence-corrected chi connectivity index (χ2v) is 9.42. The number of esters is 1. The number of aromatic amines is 1. The molecule has 1 fully saturated rings. The number of benzene rings is 1. The van der Waals surface area contributed by atoms with E-state index in [1.165, 1.54) is 4.90 Å². The maximum atomic E-state index is 12.6. The van der Waals surface area contributed by atoms with Crippen LogP contribution in [-0.4, -0.2) is 66.1 Å². The summed E-state index contributed by atoms with van der Waals surface area (Å²) in [6.07, 6.45) is 0.415. The Bertz CT molecular complexity index is 951. The van der Waals surface area contributed by atoms with E-state index in [4.69, 9.17) is 4.74 Å². The molecule has 0 spiro atoms. The molecule has 27 heavy (non-hydrogen) atoms. The van der Waals surface area contributed by atoms with Crippen molar-refractivity contribution < 1.29 is 22.7 Å². The summed E-state index contributed by atoms with van der Waals surface area (Å²) in [5.41, 5.74) is 0.825. The first-order chi connectivity index (χ1) is 12.8. The zero-order chi connectivity index (χ0) is 19.6. The van der Waals surface area contributed by atoms with Crippen LogP contribution in [-0.2, 0) is 19.4 Å². The van der Waals surface area contributed by atoms with Crippen molar-refractivity contribution in [3.63, 3.8) is 0 Å². The molecular weight excluding hydrogens is 370 g/mol. The second kappa shape index (κ2) is 7.67. The highest BCUT2D eigenvalue weighted by molar-refractivity contribution is 7.91. The van der Waals surface area contributed by atoms with Gasteiger partial charge in [0.1, 0.15) is 0 Å². The Morgan fingerprint density at radius 3 is 2.74 bits per heavy atom. The normalized spacial score (nSPS) is 18.7. The maximum Gasteiger partial charge on any atom is 0.359 e. The van der Waals surface area contributed by atoms with Gasteiger partial charge in [0.15, 0.2) is 22.1 Å². The third kappa shape index (κ3) is 4.47. The Kier molecular flexibility index (Phi) is 5.50. The quantitative estimate of drug-likeness (QED) is 0.743. The number of nitrogens with one attached hydrogen (secondary N) is 1. The highest BCUT2D eigenvalue weighted by atomic mass is 32.2. The first-order valence-electron chi connectivity index (χ1n) is 8.87. The summed E-state index contributed by atoms with van der Waals surface area (Å²) in [6.45, 7) is 3.88. The van der Waals surface area contributed by atoms with Gasteiger partial charge in [-0.25, -0.2) is 13.2 Å². The Morgan fingerprint density at radius 1 is 1.33 bits per heavy atom. The standard InChI is InChI=1S/C18H23N3O5S/c1-12(2)9-21(13-7-8-27(24,25)11-13)16(22)10-26-18(23)17-14-5-3-4-6-15(14)19-20-17/h3-6,12-13H,7-11H2,1-2H3,(H,19,20). The van der Waals surface area contributed by atoms with Crippen molar-refractivity contribution in [2.24, 2.45) is 5.92 Å². The number of para-hydroxylation sites is 1. The molecular formula is C18H23N3O5S. The topological polar surface area (TPSA) is 109 Å². The van der Waals surface area contributed by atoms with E-state index in [9.17, 15) is 18.0 Å². The van der Waals surface area contributed by atoms with E-state index in [1.807, 2.05) is 19.9 Å². The fourth-order valence-electron chi connectivity index (χ4n) is 3.27. The Morgan fingerprint density at radius 2 is 2.07 bits per heavy atom. The van der Waals surface area contributed by atoms with Crippen LogP contribution in [0.4, 0.5) is 0 Å². The van der Waals surface area contributed by atoms with Crippen molar-refractivity contribution in [1.29, 1.82) is 0 Å². The third-order valence-electron chi connectivity index (χ3n) is 4.52. The highest BCUT2D eigenvalue weighted by Crippen LogP contribution is 2.20. The molecule has 1 unspecified atom stereocenters. The van der Waals surface area contributed by atoms with Gasteiger partial charge in [0.05, 0.1) is 17.0 Å². The minimum atomic E-state index is -3.12. The van der Waals surface area contributed by atoms with E-state index < -0.39 is 22.4 Å². The monoisotopic (exact) mass is 393 g/mol. The van der Waals surface area contributed by atoms with Crippen LogP contribution in [0.25, 0.3) is 10.9 Å². The van der Waals surface area contributed by atoms with Crippen LogP contribution in [0.2, 0.25) is 0 Å². The lowest BCUT2D eigenvalue weighted by molar-refractivity contribution is -0.137. The van der Waals surface area contributed by atoms with Crippen LogP contribution in [0, 0.1) is 5.92 Å². The number of amides is 1. The van der Waals surface area contributed by atoms with Crippen molar-refractivity contribution in [2.45, 2.75) is 26.3 Å². The number of ether oxygens (including phenoxy) is 1. The average molecular weight is 393 g/mol. The number of rotatable bonds is 6. The largest absolute Gasteiger partial charge is 0.451 e. The van der Waals surface area contributed by atoms with E-state index in [1.54, 1.807) is 18.2 Å². The lowest BCUT2D eigenvalue weighted by Gasteiger charge is -2.29. The van der Waals surface area contributed by atoms with Gasteiger partial charge in [-0.2, -0.15) is 5.10 Å². The van der Waals surface area contributed by atoms with Gasteiger partial charge in [-0.1, -0.05) is 32.0 Å². The molecule has 1 aliphatic heterocycles. The number of hydrogen-bond donors (Lipinski definition) is 1. The molecule has 8 nitrogen and oxygen atoms in total. The zero-order valence-electron chi connectivity index (χ0n) is 15.3. The molecule has 0 bridgehead atoms. The zero-order valence-corrected chi connectivity index (χ0v) is 16.2. The summed E-state index contributed by atoms with van der Waals surface area (Å²) in [7, 11) is -3.12. The SMILES string of the molecule is CC(C)CN(C(=O)COC(=O)c1n[nH]c2ccccc12)C1CCS(=O)(=O)C1. The van der Waals surface area contributed by atoms with Crippen LogP contribution in [0.3, 0.4) is 0 Å². The minimum Gasteiger partial charge on any atom is -0.451 e. The average Bonchev–Trinajstić information content (AvgIpc) is 3.20. The fourth-order valence-corrected chi connectivity index (χ4v) is 5.00.